The molecule has 0 bridgehead atoms. The third-order valence-electron chi connectivity index (χ3n) is 5.85. The summed E-state index contributed by atoms with van der Waals surface area (Å²) >= 11 is 5.21. The Bertz CT molecular complexity index is 1280. The van der Waals surface area contributed by atoms with Gasteiger partial charge < -0.3 is 10.1 Å². The normalized spacial score (nSPS) is 15.1. The lowest BCUT2D eigenvalue weighted by atomic mass is 10.0. The number of amides is 1. The van der Waals surface area contributed by atoms with Crippen molar-refractivity contribution in [2.75, 3.05) is 25.0 Å². The van der Waals surface area contributed by atoms with E-state index in [4.69, 9.17) is 17.0 Å². The summed E-state index contributed by atoms with van der Waals surface area (Å²) in [7, 11) is -3.51. The number of carbonyl (C=O) groups excluding carboxylic acids is 1. The number of thiocarbonyl (C=S) groups is 1. The van der Waals surface area contributed by atoms with Crippen molar-refractivity contribution in [1.82, 2.24) is 9.62 Å². The molecule has 1 aliphatic rings. The average molecular weight is 498 g/mol. The second-order valence-corrected chi connectivity index (χ2v) is 10.7. The Morgan fingerprint density at radius 3 is 2.44 bits per heavy atom. The third kappa shape index (κ3) is 5.72. The first-order valence-corrected chi connectivity index (χ1v) is 13.0. The van der Waals surface area contributed by atoms with E-state index in [0.29, 0.717) is 30.4 Å². The molecule has 2 N–H and O–H groups in total. The van der Waals surface area contributed by atoms with Crippen LogP contribution in [0, 0.1) is 5.92 Å². The van der Waals surface area contributed by atoms with Gasteiger partial charge in [-0.25, -0.2) is 8.42 Å². The molecule has 0 atom stereocenters. The lowest BCUT2D eigenvalue weighted by Gasteiger charge is -2.29. The average Bonchev–Trinajstić information content (AvgIpc) is 2.83. The predicted octanol–water partition coefficient (Wildman–Crippen LogP) is 4.15. The van der Waals surface area contributed by atoms with Gasteiger partial charge in [0, 0.05) is 24.2 Å². The number of hydrogen-bond acceptors (Lipinski definition) is 5. The molecule has 0 spiro atoms. The van der Waals surface area contributed by atoms with Gasteiger partial charge in [0.05, 0.1) is 4.90 Å². The molecule has 3 aromatic carbocycles. The highest BCUT2D eigenvalue weighted by molar-refractivity contribution is 7.89. The van der Waals surface area contributed by atoms with Crippen molar-refractivity contribution in [3.63, 3.8) is 0 Å². The first-order valence-electron chi connectivity index (χ1n) is 11.1. The van der Waals surface area contributed by atoms with Crippen LogP contribution < -0.4 is 15.4 Å². The van der Waals surface area contributed by atoms with Gasteiger partial charge in [-0.1, -0.05) is 43.3 Å². The number of anilines is 1. The number of hydrogen-bond donors (Lipinski definition) is 2. The van der Waals surface area contributed by atoms with Gasteiger partial charge in [-0.2, -0.15) is 4.31 Å². The molecule has 0 radical (unpaired) electrons. The topological polar surface area (TPSA) is 87.7 Å². The Balaban J connectivity index is 1.30. The summed E-state index contributed by atoms with van der Waals surface area (Å²) < 4.78 is 32.9. The van der Waals surface area contributed by atoms with E-state index < -0.39 is 15.9 Å². The number of rotatable bonds is 6. The number of benzene rings is 3. The minimum atomic E-state index is -3.51. The van der Waals surface area contributed by atoms with E-state index in [0.717, 1.165) is 23.6 Å². The van der Waals surface area contributed by atoms with Crippen LogP contribution in [0.3, 0.4) is 0 Å². The number of nitrogens with zero attached hydrogens (tertiary/aromatic N) is 1. The fourth-order valence-electron chi connectivity index (χ4n) is 3.87. The van der Waals surface area contributed by atoms with Crippen molar-refractivity contribution in [3.8, 4) is 5.75 Å². The SMILES string of the molecule is CC1CCN(S(=O)(=O)c2ccc(NC(=S)NC(=O)COc3cccc4ccccc34)cc2)CC1. The number of piperidine rings is 1. The zero-order valence-electron chi connectivity index (χ0n) is 18.9. The van der Waals surface area contributed by atoms with Gasteiger partial charge in [0.15, 0.2) is 11.7 Å². The predicted molar refractivity (Wildman–Crippen MR) is 137 cm³/mol. The fourth-order valence-corrected chi connectivity index (χ4v) is 5.58. The molecule has 4 rings (SSSR count). The van der Waals surface area contributed by atoms with Crippen LogP contribution in [0.25, 0.3) is 10.8 Å². The van der Waals surface area contributed by atoms with Gasteiger partial charge in [0.1, 0.15) is 5.75 Å². The van der Waals surface area contributed by atoms with E-state index >= 15 is 0 Å². The number of fused-ring (bicyclic) bond motifs is 1. The highest BCUT2D eigenvalue weighted by Crippen LogP contribution is 2.25. The van der Waals surface area contributed by atoms with E-state index in [2.05, 4.69) is 17.6 Å². The first-order chi connectivity index (χ1) is 16.3. The van der Waals surface area contributed by atoms with E-state index in [-0.39, 0.29) is 16.6 Å². The minimum Gasteiger partial charge on any atom is -0.483 e. The maximum absolute atomic E-state index is 12.9. The van der Waals surface area contributed by atoms with Gasteiger partial charge in [-0.05, 0) is 66.7 Å². The first kappa shape index (κ1) is 24.1. The molecule has 1 saturated heterocycles. The molecule has 1 heterocycles. The molecular weight excluding hydrogens is 470 g/mol. The minimum absolute atomic E-state index is 0.104. The van der Waals surface area contributed by atoms with Crippen LogP contribution in [0.5, 0.6) is 5.75 Å². The molecule has 1 aliphatic heterocycles. The van der Waals surface area contributed by atoms with Crippen molar-refractivity contribution in [1.29, 1.82) is 0 Å². The van der Waals surface area contributed by atoms with Gasteiger partial charge in [-0.15, -0.1) is 0 Å². The summed E-state index contributed by atoms with van der Waals surface area (Å²) in [5.74, 6) is 0.766. The van der Waals surface area contributed by atoms with Crippen LogP contribution in [-0.4, -0.2) is 43.4 Å². The number of nitrogens with one attached hydrogen (secondary N) is 2. The van der Waals surface area contributed by atoms with Crippen molar-refractivity contribution in [2.45, 2.75) is 24.7 Å². The molecule has 7 nitrogen and oxygen atoms in total. The van der Waals surface area contributed by atoms with E-state index in [1.165, 1.54) is 4.31 Å². The third-order valence-corrected chi connectivity index (χ3v) is 7.97. The lowest BCUT2D eigenvalue weighted by molar-refractivity contribution is -0.121. The monoisotopic (exact) mass is 497 g/mol. The van der Waals surface area contributed by atoms with Crippen molar-refractivity contribution in [2.24, 2.45) is 5.92 Å². The smallest absolute Gasteiger partial charge is 0.264 e. The zero-order valence-corrected chi connectivity index (χ0v) is 20.5. The summed E-state index contributed by atoms with van der Waals surface area (Å²) in [6, 6.07) is 19.8. The lowest BCUT2D eigenvalue weighted by Crippen LogP contribution is -2.38. The molecule has 0 saturated carbocycles. The molecule has 9 heteroatoms. The molecular formula is C25H27N3O4S2. The van der Waals surface area contributed by atoms with Crippen LogP contribution >= 0.6 is 12.2 Å². The summed E-state index contributed by atoms with van der Waals surface area (Å²) in [4.78, 5) is 12.5. The summed E-state index contributed by atoms with van der Waals surface area (Å²) in [6.07, 6.45) is 1.74. The van der Waals surface area contributed by atoms with Crippen molar-refractivity contribution in [3.05, 3.63) is 66.7 Å². The van der Waals surface area contributed by atoms with Crippen molar-refractivity contribution < 1.29 is 17.9 Å². The maximum atomic E-state index is 12.9. The molecule has 34 heavy (non-hydrogen) atoms. The Hall–Kier alpha value is -3.01. The van der Waals surface area contributed by atoms with E-state index in [1.807, 2.05) is 42.5 Å². The van der Waals surface area contributed by atoms with Gasteiger partial charge in [0.25, 0.3) is 5.91 Å². The highest BCUT2D eigenvalue weighted by atomic mass is 32.2. The molecule has 0 aliphatic carbocycles. The van der Waals surface area contributed by atoms with Crippen LogP contribution in [0.15, 0.2) is 71.6 Å². The van der Waals surface area contributed by atoms with Gasteiger partial charge in [0.2, 0.25) is 10.0 Å². The fraction of sp³-hybridized carbons (Fsp3) is 0.280. The zero-order chi connectivity index (χ0) is 24.1. The van der Waals surface area contributed by atoms with Crippen LogP contribution in [0.2, 0.25) is 0 Å². The summed E-state index contributed by atoms with van der Waals surface area (Å²) in [6.45, 7) is 3.03. The second kappa shape index (κ2) is 10.5. The van der Waals surface area contributed by atoms with E-state index in [9.17, 15) is 13.2 Å². The Morgan fingerprint density at radius 2 is 1.71 bits per heavy atom. The largest absolute Gasteiger partial charge is 0.483 e. The molecule has 0 unspecified atom stereocenters. The molecule has 3 aromatic rings. The maximum Gasteiger partial charge on any atom is 0.264 e. The highest BCUT2D eigenvalue weighted by Gasteiger charge is 2.27. The second-order valence-electron chi connectivity index (χ2n) is 8.38. The molecule has 1 amide bonds. The number of carbonyl (C=O) groups is 1. The number of ether oxygens (including phenoxy) is 1. The van der Waals surface area contributed by atoms with Crippen LogP contribution in [-0.2, 0) is 14.8 Å². The molecule has 178 valence electrons. The Morgan fingerprint density at radius 1 is 1.03 bits per heavy atom. The Labute approximate surface area is 205 Å². The van der Waals surface area contributed by atoms with E-state index in [1.54, 1.807) is 24.3 Å². The molecule has 1 fully saturated rings. The van der Waals surface area contributed by atoms with Crippen LogP contribution in [0.1, 0.15) is 19.8 Å². The summed E-state index contributed by atoms with van der Waals surface area (Å²) in [5.41, 5.74) is 0.575. The quantitative estimate of drug-likeness (QED) is 0.498. The number of sulfonamides is 1. The van der Waals surface area contributed by atoms with Crippen molar-refractivity contribution >= 4 is 49.7 Å². The molecule has 0 aromatic heterocycles. The Kier molecular flexibility index (Phi) is 7.45. The van der Waals surface area contributed by atoms with Gasteiger partial charge >= 0.3 is 0 Å². The van der Waals surface area contributed by atoms with Gasteiger partial charge in [-0.3, -0.25) is 10.1 Å². The van der Waals surface area contributed by atoms with Crippen LogP contribution in [0.4, 0.5) is 5.69 Å². The standard InChI is InChI=1S/C25H27N3O4S2/c1-18-13-15-28(16-14-18)34(30,31)21-11-9-20(10-12-21)26-25(33)27-24(29)17-32-23-8-4-6-19-5-2-3-7-22(19)23/h2-12,18H,13-17H2,1H3,(H2,26,27,29,33). The summed E-state index contributed by atoms with van der Waals surface area (Å²) in [5, 5.41) is 7.53.